The molecule has 208 valence electrons. The van der Waals surface area contributed by atoms with Crippen LogP contribution in [0, 0.1) is 12.3 Å². The van der Waals surface area contributed by atoms with Gasteiger partial charge in [0.1, 0.15) is 0 Å². The van der Waals surface area contributed by atoms with Gasteiger partial charge in [0.05, 0.1) is 12.1 Å². The van der Waals surface area contributed by atoms with Crippen molar-refractivity contribution in [1.29, 1.82) is 0 Å². The molecule has 1 aliphatic carbocycles. The molecule has 0 saturated carbocycles. The minimum absolute atomic E-state index is 0.0302. The number of nitrogens with zero attached hydrogens (tertiary/aromatic N) is 1. The van der Waals surface area contributed by atoms with Crippen molar-refractivity contribution in [2.24, 2.45) is 16.1 Å². The molecule has 2 aromatic rings. The van der Waals surface area contributed by atoms with E-state index in [9.17, 15) is 18.4 Å². The van der Waals surface area contributed by atoms with Crippen LogP contribution in [0.3, 0.4) is 0 Å². The van der Waals surface area contributed by atoms with E-state index in [0.717, 1.165) is 29.5 Å². The molecule has 2 aliphatic rings. The molecule has 2 atom stereocenters. The molecule has 2 aromatic carbocycles. The second-order valence-electron chi connectivity index (χ2n) is 11.9. The van der Waals surface area contributed by atoms with Crippen LogP contribution in [0.2, 0.25) is 0 Å². The van der Waals surface area contributed by atoms with Gasteiger partial charge < -0.3 is 11.1 Å². The van der Waals surface area contributed by atoms with Crippen molar-refractivity contribution in [1.82, 2.24) is 10.6 Å². The van der Waals surface area contributed by atoms with Crippen molar-refractivity contribution in [3.8, 4) is 0 Å². The molecule has 0 radical (unpaired) electrons. The number of guanidine groups is 1. The first-order chi connectivity index (χ1) is 18.3. The molecule has 1 unspecified atom stereocenters. The number of rotatable bonds is 8. The highest BCUT2D eigenvalue weighted by atomic mass is 19.3. The Balaban J connectivity index is 1.50. The Morgan fingerprint density at radius 1 is 1.26 bits per heavy atom. The summed E-state index contributed by atoms with van der Waals surface area (Å²) < 4.78 is 28.1. The SMILES string of the molecule is Cc1ccc(/C=C/CC[C@@H]2CC(=O)NC(N)=N2)cc1C(CC(C)(C)C)NC(=O)c1ccc2c(c1)CCC2(F)F. The van der Waals surface area contributed by atoms with Crippen LogP contribution in [-0.4, -0.2) is 23.8 Å². The molecule has 0 bridgehead atoms. The number of carbonyl (C=O) groups is 2. The summed E-state index contributed by atoms with van der Waals surface area (Å²) >= 11 is 0. The molecule has 8 heteroatoms. The number of nitrogens with one attached hydrogen (secondary N) is 2. The lowest BCUT2D eigenvalue weighted by atomic mass is 9.83. The maximum Gasteiger partial charge on any atom is 0.273 e. The lowest BCUT2D eigenvalue weighted by molar-refractivity contribution is -0.120. The van der Waals surface area contributed by atoms with Gasteiger partial charge in [-0.3, -0.25) is 14.9 Å². The number of aryl methyl sites for hydroxylation is 2. The van der Waals surface area contributed by atoms with Gasteiger partial charge >= 0.3 is 0 Å². The summed E-state index contributed by atoms with van der Waals surface area (Å²) in [5.74, 6) is -3.02. The minimum atomic E-state index is -2.82. The van der Waals surface area contributed by atoms with Gasteiger partial charge in [0.15, 0.2) is 5.96 Å². The van der Waals surface area contributed by atoms with Crippen molar-refractivity contribution in [3.63, 3.8) is 0 Å². The highest BCUT2D eigenvalue weighted by Gasteiger charge is 2.39. The molecule has 0 fully saturated rings. The second-order valence-corrected chi connectivity index (χ2v) is 11.9. The van der Waals surface area contributed by atoms with Gasteiger partial charge in [0, 0.05) is 24.0 Å². The smallest absolute Gasteiger partial charge is 0.273 e. The highest BCUT2D eigenvalue weighted by Crippen LogP contribution is 2.42. The van der Waals surface area contributed by atoms with E-state index in [1.165, 1.54) is 12.1 Å². The summed E-state index contributed by atoms with van der Waals surface area (Å²) in [7, 11) is 0. The number of alkyl halides is 2. The predicted molar refractivity (Wildman–Crippen MR) is 151 cm³/mol. The van der Waals surface area contributed by atoms with E-state index in [4.69, 9.17) is 5.73 Å². The van der Waals surface area contributed by atoms with Crippen LogP contribution < -0.4 is 16.4 Å². The van der Waals surface area contributed by atoms with Crippen LogP contribution in [0.1, 0.15) is 97.1 Å². The van der Waals surface area contributed by atoms with E-state index in [2.05, 4.69) is 48.5 Å². The molecular formula is C31H38F2N4O2. The molecule has 4 N–H and O–H groups in total. The Hall–Kier alpha value is -3.55. The summed E-state index contributed by atoms with van der Waals surface area (Å²) in [6, 6.07) is 10.3. The van der Waals surface area contributed by atoms with Crippen LogP contribution in [0.4, 0.5) is 8.78 Å². The summed E-state index contributed by atoms with van der Waals surface area (Å²) in [5.41, 5.74) is 9.67. The van der Waals surface area contributed by atoms with Gasteiger partial charge in [-0.2, -0.15) is 0 Å². The molecular weight excluding hydrogens is 498 g/mol. The van der Waals surface area contributed by atoms with Crippen molar-refractivity contribution in [2.45, 2.75) is 84.2 Å². The summed E-state index contributed by atoms with van der Waals surface area (Å²) in [6.07, 6.45) is 6.67. The molecule has 39 heavy (non-hydrogen) atoms. The summed E-state index contributed by atoms with van der Waals surface area (Å²) in [6.45, 7) is 8.41. The Morgan fingerprint density at radius 2 is 2.03 bits per heavy atom. The number of amides is 2. The van der Waals surface area contributed by atoms with Crippen LogP contribution in [-0.2, 0) is 17.1 Å². The predicted octanol–water partition coefficient (Wildman–Crippen LogP) is 5.94. The van der Waals surface area contributed by atoms with E-state index < -0.39 is 5.92 Å². The Labute approximate surface area is 229 Å². The monoisotopic (exact) mass is 536 g/mol. The quantitative estimate of drug-likeness (QED) is 0.390. The van der Waals surface area contributed by atoms with Crippen LogP contribution in [0.5, 0.6) is 0 Å². The van der Waals surface area contributed by atoms with Gasteiger partial charge in [-0.15, -0.1) is 0 Å². The van der Waals surface area contributed by atoms with Gasteiger partial charge in [-0.05, 0) is 78.5 Å². The maximum absolute atomic E-state index is 14.1. The largest absolute Gasteiger partial charge is 0.370 e. The Bertz CT molecular complexity index is 1310. The number of hydrogen-bond donors (Lipinski definition) is 3. The van der Waals surface area contributed by atoms with E-state index in [0.29, 0.717) is 24.0 Å². The second kappa shape index (κ2) is 11.3. The van der Waals surface area contributed by atoms with E-state index in [-0.39, 0.29) is 53.7 Å². The average Bonchev–Trinajstić information content (AvgIpc) is 3.15. The van der Waals surface area contributed by atoms with Crippen molar-refractivity contribution >= 4 is 23.8 Å². The number of hydrogen-bond acceptors (Lipinski definition) is 4. The maximum atomic E-state index is 14.1. The molecule has 2 amide bonds. The van der Waals surface area contributed by atoms with E-state index in [1.807, 2.05) is 25.1 Å². The zero-order chi connectivity index (χ0) is 28.4. The van der Waals surface area contributed by atoms with Gasteiger partial charge in [-0.1, -0.05) is 51.1 Å². The molecule has 1 heterocycles. The minimum Gasteiger partial charge on any atom is -0.370 e. The number of nitrogens with two attached hydrogens (primary N) is 1. The van der Waals surface area contributed by atoms with Crippen molar-refractivity contribution < 1.29 is 18.4 Å². The van der Waals surface area contributed by atoms with Gasteiger partial charge in [0.2, 0.25) is 5.91 Å². The lowest BCUT2D eigenvalue weighted by Gasteiger charge is -2.28. The van der Waals surface area contributed by atoms with Crippen LogP contribution in [0.15, 0.2) is 47.5 Å². The normalized spacial score (nSPS) is 19.4. The van der Waals surface area contributed by atoms with Crippen molar-refractivity contribution in [3.05, 3.63) is 75.9 Å². The van der Waals surface area contributed by atoms with E-state index in [1.54, 1.807) is 6.07 Å². The van der Waals surface area contributed by atoms with Gasteiger partial charge in [-0.25, -0.2) is 13.8 Å². The molecule has 6 nitrogen and oxygen atoms in total. The topological polar surface area (TPSA) is 96.6 Å². The number of fused-ring (bicyclic) bond motifs is 1. The van der Waals surface area contributed by atoms with E-state index >= 15 is 0 Å². The number of carbonyl (C=O) groups excluding carboxylic acids is 2. The Kier molecular flexibility index (Phi) is 8.23. The fourth-order valence-electron chi connectivity index (χ4n) is 5.31. The highest BCUT2D eigenvalue weighted by molar-refractivity contribution is 5.98. The first-order valence-electron chi connectivity index (χ1n) is 13.5. The molecule has 0 saturated heterocycles. The third kappa shape index (κ3) is 7.31. The van der Waals surface area contributed by atoms with Crippen LogP contribution >= 0.6 is 0 Å². The van der Waals surface area contributed by atoms with Crippen molar-refractivity contribution in [2.75, 3.05) is 0 Å². The molecule has 1 aliphatic heterocycles. The standard InChI is InChI=1S/C31H38F2N4O2/c1-19-9-10-20(7-5-6-8-23-17-27(38)37-29(34)35-23)15-24(19)26(18-30(2,3)4)36-28(39)22-11-12-25-21(16-22)13-14-31(25,32)33/h5,7,9-12,15-16,23,26H,6,8,13-14,17-18H2,1-4H3,(H,36,39)(H3,34,35,37,38)/b7-5+/t23-,26?/m1/s1. The fraction of sp³-hybridized carbons (Fsp3) is 0.452. The third-order valence-electron chi connectivity index (χ3n) is 7.26. The number of halogens is 2. The summed E-state index contributed by atoms with van der Waals surface area (Å²) in [4.78, 5) is 29.3. The zero-order valence-corrected chi connectivity index (χ0v) is 23.1. The summed E-state index contributed by atoms with van der Waals surface area (Å²) in [5, 5.41) is 5.70. The molecule has 4 rings (SSSR count). The number of aliphatic imine (C=N–C) groups is 1. The molecule has 0 aromatic heterocycles. The third-order valence-corrected chi connectivity index (χ3v) is 7.26. The number of benzene rings is 2. The average molecular weight is 537 g/mol. The molecule has 0 spiro atoms. The fourth-order valence-corrected chi connectivity index (χ4v) is 5.31. The van der Waals surface area contributed by atoms with Gasteiger partial charge in [0.25, 0.3) is 11.8 Å². The van der Waals surface area contributed by atoms with Crippen LogP contribution in [0.25, 0.3) is 6.08 Å². The first kappa shape index (κ1) is 28.5. The zero-order valence-electron chi connectivity index (χ0n) is 23.1. The lowest BCUT2D eigenvalue weighted by Crippen LogP contribution is -2.43. The number of allylic oxidation sites excluding steroid dienone is 1. The first-order valence-corrected chi connectivity index (χ1v) is 13.5. The Morgan fingerprint density at radius 3 is 2.74 bits per heavy atom.